The van der Waals surface area contributed by atoms with Gasteiger partial charge in [0, 0.05) is 6.92 Å². The Labute approximate surface area is 196 Å². The van der Waals surface area contributed by atoms with E-state index in [4.69, 9.17) is 28.4 Å². The zero-order chi connectivity index (χ0) is 24.9. The van der Waals surface area contributed by atoms with Gasteiger partial charge in [-0.25, -0.2) is 14.4 Å². The van der Waals surface area contributed by atoms with Crippen LogP contribution in [0.2, 0.25) is 0 Å². The molecule has 0 aliphatic rings. The Balaban J connectivity index is 2.22. The monoisotopic (exact) mass is 469 g/mol. The van der Waals surface area contributed by atoms with Crippen LogP contribution in [0.1, 0.15) is 26.3 Å². The molecule has 0 bridgehead atoms. The number of carbonyl (C=O) groups is 3. The van der Waals surface area contributed by atoms with Gasteiger partial charge < -0.3 is 28.4 Å². The fraction of sp³-hybridized carbons (Fsp3) is 0.250. The third-order valence-corrected chi connectivity index (χ3v) is 3.85. The van der Waals surface area contributed by atoms with E-state index < -0.39 is 24.6 Å². The first-order valence-corrected chi connectivity index (χ1v) is 10.2. The van der Waals surface area contributed by atoms with Gasteiger partial charge in [-0.15, -0.1) is 0 Å². The van der Waals surface area contributed by atoms with E-state index >= 15 is 0 Å². The lowest BCUT2D eigenvalue weighted by molar-refractivity contribution is -0.155. The second-order valence-electron chi connectivity index (χ2n) is 6.35. The molecule has 2 aromatic rings. The van der Waals surface area contributed by atoms with E-state index in [0.29, 0.717) is 5.75 Å². The molecule has 0 spiro atoms. The average Bonchev–Trinajstić information content (AvgIpc) is 2.79. The van der Waals surface area contributed by atoms with Gasteiger partial charge in [0.2, 0.25) is 6.29 Å². The molecule has 10 nitrogen and oxygen atoms in total. The lowest BCUT2D eigenvalue weighted by Crippen LogP contribution is -2.21. The third kappa shape index (κ3) is 8.20. The summed E-state index contributed by atoms with van der Waals surface area (Å²) in [5.74, 6) is -0.754. The zero-order valence-electron chi connectivity index (χ0n) is 18.8. The van der Waals surface area contributed by atoms with Crippen molar-refractivity contribution in [2.45, 2.75) is 27.1 Å². The molecule has 0 fully saturated rings. The number of esters is 1. The van der Waals surface area contributed by atoms with Crippen molar-refractivity contribution >= 4 is 24.4 Å². The molecule has 1 unspecified atom stereocenters. The van der Waals surface area contributed by atoms with Gasteiger partial charge in [0.05, 0.1) is 13.2 Å². The number of hydrogen-bond acceptors (Lipinski definition) is 10. The zero-order valence-corrected chi connectivity index (χ0v) is 18.8. The topological polar surface area (TPSA) is 130 Å². The molecule has 10 heteroatoms. The van der Waals surface area contributed by atoms with Crippen LogP contribution in [-0.2, 0) is 19.0 Å². The minimum absolute atomic E-state index is 0.0557. The van der Waals surface area contributed by atoms with E-state index in [1.165, 1.54) is 31.2 Å². The molecule has 0 heterocycles. The summed E-state index contributed by atoms with van der Waals surface area (Å²) in [5.41, 5.74) is -0.0645. The number of rotatable bonds is 9. The average molecular weight is 469 g/mol. The third-order valence-electron chi connectivity index (χ3n) is 3.85. The van der Waals surface area contributed by atoms with Gasteiger partial charge in [-0.3, -0.25) is 0 Å². The summed E-state index contributed by atoms with van der Waals surface area (Å²) in [6.45, 7) is 4.82. The SMILES string of the molecule is CCOC(=O)Oc1ccc(C=C(C#N)C(=O)OC(C)Oc2ccccc2)cc1OC(=O)OCC. The fourth-order valence-electron chi connectivity index (χ4n) is 2.49. The van der Waals surface area contributed by atoms with Crippen LogP contribution in [0.5, 0.6) is 17.2 Å². The van der Waals surface area contributed by atoms with Crippen LogP contribution < -0.4 is 14.2 Å². The van der Waals surface area contributed by atoms with Crippen LogP contribution in [-0.4, -0.2) is 37.8 Å². The minimum Gasteiger partial charge on any atom is -0.455 e. The van der Waals surface area contributed by atoms with Crippen molar-refractivity contribution in [2.75, 3.05) is 13.2 Å². The van der Waals surface area contributed by atoms with Crippen LogP contribution in [0.4, 0.5) is 9.59 Å². The first-order valence-electron chi connectivity index (χ1n) is 10.2. The molecule has 0 saturated carbocycles. The number of carbonyl (C=O) groups excluding carboxylic acids is 3. The van der Waals surface area contributed by atoms with Gasteiger partial charge in [-0.1, -0.05) is 24.3 Å². The highest BCUT2D eigenvalue weighted by Gasteiger charge is 2.19. The number of hydrogen-bond donors (Lipinski definition) is 0. The molecule has 34 heavy (non-hydrogen) atoms. The Morgan fingerprint density at radius 3 is 2.15 bits per heavy atom. The molecule has 2 aromatic carbocycles. The van der Waals surface area contributed by atoms with Crippen molar-refractivity contribution in [3.05, 3.63) is 59.7 Å². The van der Waals surface area contributed by atoms with E-state index in [2.05, 4.69) is 0 Å². The first kappa shape index (κ1) is 25.7. The molecule has 178 valence electrons. The van der Waals surface area contributed by atoms with Crippen molar-refractivity contribution in [1.82, 2.24) is 0 Å². The van der Waals surface area contributed by atoms with E-state index in [-0.39, 0.29) is 35.8 Å². The Kier molecular flexibility index (Phi) is 9.94. The molecular weight excluding hydrogens is 446 g/mol. The maximum absolute atomic E-state index is 12.4. The molecule has 0 radical (unpaired) electrons. The fourth-order valence-corrected chi connectivity index (χ4v) is 2.49. The lowest BCUT2D eigenvalue weighted by atomic mass is 10.1. The number of ether oxygens (including phenoxy) is 6. The van der Waals surface area contributed by atoms with E-state index in [1.807, 2.05) is 6.07 Å². The number of nitrogens with zero attached hydrogens (tertiary/aromatic N) is 1. The molecule has 0 aromatic heterocycles. The number of benzene rings is 2. The second kappa shape index (κ2) is 13.1. The quantitative estimate of drug-likeness (QED) is 0.128. The van der Waals surface area contributed by atoms with Crippen LogP contribution in [0, 0.1) is 11.3 Å². The highest BCUT2D eigenvalue weighted by Crippen LogP contribution is 2.30. The Bertz CT molecular complexity index is 1070. The van der Waals surface area contributed by atoms with Gasteiger partial charge in [0.1, 0.15) is 17.4 Å². The van der Waals surface area contributed by atoms with Gasteiger partial charge in [0.25, 0.3) is 0 Å². The maximum atomic E-state index is 12.4. The number of para-hydroxylation sites is 1. The van der Waals surface area contributed by atoms with Gasteiger partial charge in [0.15, 0.2) is 11.5 Å². The molecular formula is C24H23NO9. The van der Waals surface area contributed by atoms with Crippen molar-refractivity contribution in [2.24, 2.45) is 0 Å². The summed E-state index contributed by atoms with van der Waals surface area (Å²) >= 11 is 0. The summed E-state index contributed by atoms with van der Waals surface area (Å²) in [5, 5.41) is 9.43. The summed E-state index contributed by atoms with van der Waals surface area (Å²) in [6, 6.07) is 14.5. The molecule has 1 atom stereocenters. The maximum Gasteiger partial charge on any atom is 0.513 e. The van der Waals surface area contributed by atoms with Crippen LogP contribution >= 0.6 is 0 Å². The molecule has 0 saturated heterocycles. The summed E-state index contributed by atoms with van der Waals surface area (Å²) in [6.07, 6.45) is -1.80. The Morgan fingerprint density at radius 1 is 0.941 bits per heavy atom. The predicted molar refractivity (Wildman–Crippen MR) is 118 cm³/mol. The Morgan fingerprint density at radius 2 is 1.56 bits per heavy atom. The van der Waals surface area contributed by atoms with Gasteiger partial charge in [-0.05, 0) is 49.8 Å². The summed E-state index contributed by atoms with van der Waals surface area (Å²) < 4.78 is 30.2. The number of nitriles is 1. The van der Waals surface area contributed by atoms with Crippen LogP contribution in [0.25, 0.3) is 6.08 Å². The molecule has 2 rings (SSSR count). The highest BCUT2D eigenvalue weighted by molar-refractivity contribution is 5.98. The van der Waals surface area contributed by atoms with Crippen molar-refractivity contribution in [1.29, 1.82) is 5.26 Å². The highest BCUT2D eigenvalue weighted by atomic mass is 16.7. The second-order valence-corrected chi connectivity index (χ2v) is 6.35. The van der Waals surface area contributed by atoms with E-state index in [1.54, 1.807) is 44.2 Å². The largest absolute Gasteiger partial charge is 0.513 e. The predicted octanol–water partition coefficient (Wildman–Crippen LogP) is 4.63. The molecule has 0 aliphatic carbocycles. The molecule has 0 amide bonds. The minimum atomic E-state index is -1.04. The van der Waals surface area contributed by atoms with E-state index in [9.17, 15) is 19.6 Å². The molecule has 0 N–H and O–H groups in total. The molecule has 0 aliphatic heterocycles. The van der Waals surface area contributed by atoms with E-state index in [0.717, 1.165) is 0 Å². The van der Waals surface area contributed by atoms with Gasteiger partial charge in [-0.2, -0.15) is 5.26 Å². The normalized spacial score (nSPS) is 11.4. The van der Waals surface area contributed by atoms with Crippen molar-refractivity contribution in [3.63, 3.8) is 0 Å². The van der Waals surface area contributed by atoms with Crippen LogP contribution in [0.3, 0.4) is 0 Å². The van der Waals surface area contributed by atoms with Crippen molar-refractivity contribution < 1.29 is 42.8 Å². The van der Waals surface area contributed by atoms with Crippen LogP contribution in [0.15, 0.2) is 54.1 Å². The van der Waals surface area contributed by atoms with Gasteiger partial charge >= 0.3 is 18.3 Å². The standard InChI is InChI=1S/C24H23NO9/c1-4-29-23(27)33-20-12-11-17(14-21(20)34-24(28)30-5-2)13-18(15-25)22(26)32-16(3)31-19-9-7-6-8-10-19/h6-14,16H,4-5H2,1-3H3. The summed E-state index contributed by atoms with van der Waals surface area (Å²) in [4.78, 5) is 35.9. The smallest absolute Gasteiger partial charge is 0.455 e. The first-order chi connectivity index (χ1) is 16.4. The Hall–Kier alpha value is -4.52. The summed E-state index contributed by atoms with van der Waals surface area (Å²) in [7, 11) is 0. The van der Waals surface area contributed by atoms with Crippen molar-refractivity contribution in [3.8, 4) is 23.3 Å². The lowest BCUT2D eigenvalue weighted by Gasteiger charge is -2.15.